The summed E-state index contributed by atoms with van der Waals surface area (Å²) in [6.45, 7) is 1.40. The number of alkyl halides is 3. The van der Waals surface area contributed by atoms with Gasteiger partial charge in [0.2, 0.25) is 0 Å². The molecule has 182 valence electrons. The fourth-order valence-corrected chi connectivity index (χ4v) is 7.14. The minimum atomic E-state index is -5.08. The van der Waals surface area contributed by atoms with Crippen molar-refractivity contribution >= 4 is 5.97 Å². The Bertz CT molecular complexity index is 982. The summed E-state index contributed by atoms with van der Waals surface area (Å²) in [4.78, 5) is 8.90. The molecule has 1 saturated heterocycles. The molecule has 1 unspecified atom stereocenters. The number of hydrogen-bond donors (Lipinski definition) is 2. The molecule has 3 aliphatic carbocycles. The number of benzene rings is 1. The van der Waals surface area contributed by atoms with Crippen LogP contribution in [-0.2, 0) is 21.4 Å². The van der Waals surface area contributed by atoms with Crippen LogP contribution in [0.25, 0.3) is 0 Å². The molecular weight excluding hydrogens is 443 g/mol. The van der Waals surface area contributed by atoms with E-state index >= 15 is 0 Å². The number of carbonyl (C=O) groups is 1. The van der Waals surface area contributed by atoms with Gasteiger partial charge in [0.1, 0.15) is 17.7 Å². The second-order valence-electron chi connectivity index (χ2n) is 10.1. The zero-order valence-electron chi connectivity index (χ0n) is 18.4. The molecule has 5 atom stereocenters. The maximum absolute atomic E-state index is 14.1. The molecular formula is C23H28F3NO6. The van der Waals surface area contributed by atoms with Crippen LogP contribution in [0.2, 0.25) is 0 Å². The summed E-state index contributed by atoms with van der Waals surface area (Å²) in [6.07, 6.45) is 1.83. The van der Waals surface area contributed by atoms with Crippen molar-refractivity contribution in [2.45, 2.75) is 74.3 Å². The van der Waals surface area contributed by atoms with Crippen LogP contribution < -0.4 is 4.74 Å². The number of likely N-dealkylation sites (tertiary alicyclic amines) is 1. The van der Waals surface area contributed by atoms with E-state index in [0.29, 0.717) is 18.2 Å². The van der Waals surface area contributed by atoms with Crippen LogP contribution in [0.3, 0.4) is 0 Å². The van der Waals surface area contributed by atoms with Crippen molar-refractivity contribution in [1.29, 1.82) is 0 Å². The number of aliphatic carboxylic acids is 1. The molecule has 1 aromatic rings. The predicted molar refractivity (Wildman–Crippen MR) is 110 cm³/mol. The lowest BCUT2D eigenvalue weighted by molar-refractivity contribution is -0.924. The zero-order valence-corrected chi connectivity index (χ0v) is 18.4. The first-order valence-corrected chi connectivity index (χ1v) is 11.4. The van der Waals surface area contributed by atoms with Crippen LogP contribution in [0.5, 0.6) is 11.5 Å². The van der Waals surface area contributed by atoms with Crippen LogP contribution in [0.1, 0.15) is 49.7 Å². The number of nitrogens with zero attached hydrogens (tertiary/aromatic N) is 1. The molecule has 33 heavy (non-hydrogen) atoms. The van der Waals surface area contributed by atoms with E-state index in [9.17, 15) is 23.5 Å². The highest BCUT2D eigenvalue weighted by molar-refractivity contribution is 5.73. The molecule has 10 heteroatoms. The van der Waals surface area contributed by atoms with Gasteiger partial charge in [0.25, 0.3) is 0 Å². The zero-order chi connectivity index (χ0) is 23.8. The van der Waals surface area contributed by atoms with E-state index in [1.54, 1.807) is 13.2 Å². The topological polar surface area (TPSA) is 99.0 Å². The van der Waals surface area contributed by atoms with Gasteiger partial charge in [0.15, 0.2) is 11.5 Å². The quantitative estimate of drug-likeness (QED) is 0.516. The van der Waals surface area contributed by atoms with Crippen LogP contribution in [0, 0.1) is 11.1 Å². The number of carboxylic acid groups (broad SMARTS) is 1. The number of hydroxylamine groups is 3. The van der Waals surface area contributed by atoms with Crippen molar-refractivity contribution in [3.63, 3.8) is 0 Å². The second-order valence-corrected chi connectivity index (χ2v) is 10.1. The van der Waals surface area contributed by atoms with Crippen molar-refractivity contribution in [2.24, 2.45) is 5.92 Å². The van der Waals surface area contributed by atoms with Gasteiger partial charge in [0, 0.05) is 31.4 Å². The number of ether oxygens (including phenoxy) is 2. The average Bonchev–Trinajstić information content (AvgIpc) is 3.49. The van der Waals surface area contributed by atoms with Gasteiger partial charge in [-0.1, -0.05) is 6.07 Å². The lowest BCUT2D eigenvalue weighted by Crippen LogP contribution is -2.79. The number of aromatic hydroxyl groups is 1. The Kier molecular flexibility index (Phi) is 4.98. The van der Waals surface area contributed by atoms with Crippen molar-refractivity contribution in [3.8, 4) is 11.5 Å². The molecule has 2 heterocycles. The smallest absolute Gasteiger partial charge is 0.490 e. The number of rotatable bonds is 3. The molecule has 2 aliphatic heterocycles. The van der Waals surface area contributed by atoms with Crippen molar-refractivity contribution < 1.29 is 42.3 Å². The molecule has 5 aliphatic rings. The summed E-state index contributed by atoms with van der Waals surface area (Å²) in [5.41, 5.74) is 1.64. The minimum absolute atomic E-state index is 0.0238. The number of phenolic OH excluding ortho intramolecular Hbond substituents is 1. The first-order valence-electron chi connectivity index (χ1n) is 11.4. The molecule has 2 bridgehead atoms. The van der Waals surface area contributed by atoms with Gasteiger partial charge < -0.3 is 29.5 Å². The third-order valence-corrected chi connectivity index (χ3v) is 8.52. The molecule has 0 amide bonds. The Morgan fingerprint density at radius 3 is 2.61 bits per heavy atom. The van der Waals surface area contributed by atoms with Crippen molar-refractivity contribution in [1.82, 2.24) is 0 Å². The monoisotopic (exact) mass is 471 g/mol. The highest BCUT2D eigenvalue weighted by Gasteiger charge is 2.75. The normalized spacial score (nSPS) is 38.0. The molecule has 1 aromatic carbocycles. The van der Waals surface area contributed by atoms with E-state index in [2.05, 4.69) is 0 Å². The lowest BCUT2D eigenvalue weighted by Gasteiger charge is -2.68. The summed E-state index contributed by atoms with van der Waals surface area (Å²) in [7, 11) is 1.80. The van der Waals surface area contributed by atoms with Crippen molar-refractivity contribution in [2.75, 3.05) is 20.2 Å². The number of quaternary nitrogens is 1. The fraction of sp³-hybridized carbons (Fsp3) is 0.696. The number of piperidine rings is 1. The third kappa shape index (κ3) is 3.10. The SMILES string of the molecule is COC12CCC[C@@H]3Oc4c(O)ccc5c4[C@@]31CC[N@+]([O-])(CC1CC1)[C@@H]2C5.O=C(O)C(F)(F)F. The largest absolute Gasteiger partial charge is 0.632 e. The molecule has 1 spiro atoms. The summed E-state index contributed by atoms with van der Waals surface area (Å²) >= 11 is 0. The Labute approximate surface area is 189 Å². The van der Waals surface area contributed by atoms with E-state index in [1.807, 2.05) is 6.07 Å². The molecule has 2 saturated carbocycles. The van der Waals surface area contributed by atoms with Gasteiger partial charge in [0.05, 0.1) is 18.5 Å². The maximum Gasteiger partial charge on any atom is 0.490 e. The van der Waals surface area contributed by atoms with E-state index in [0.717, 1.165) is 44.2 Å². The van der Waals surface area contributed by atoms with Gasteiger partial charge in [-0.15, -0.1) is 0 Å². The molecule has 6 rings (SSSR count). The average molecular weight is 471 g/mol. The van der Waals surface area contributed by atoms with E-state index in [4.69, 9.17) is 19.4 Å². The highest BCUT2D eigenvalue weighted by atomic mass is 19.4. The Hall–Kier alpha value is -2.04. The Balaban J connectivity index is 0.000000287. The first kappa shape index (κ1) is 22.7. The minimum Gasteiger partial charge on any atom is -0.632 e. The Morgan fingerprint density at radius 2 is 2.00 bits per heavy atom. The van der Waals surface area contributed by atoms with Crippen LogP contribution in [0.15, 0.2) is 12.1 Å². The van der Waals surface area contributed by atoms with Gasteiger partial charge in [-0.05, 0) is 43.7 Å². The fourth-order valence-electron chi connectivity index (χ4n) is 7.14. The molecule has 2 N–H and O–H groups in total. The molecule has 0 aromatic heterocycles. The number of methoxy groups -OCH3 is 1. The number of phenols is 1. The maximum atomic E-state index is 14.1. The van der Waals surface area contributed by atoms with Gasteiger partial charge >= 0.3 is 12.1 Å². The van der Waals surface area contributed by atoms with E-state index < -0.39 is 17.7 Å². The molecule has 3 fully saturated rings. The van der Waals surface area contributed by atoms with Crippen LogP contribution in [-0.4, -0.2) is 65.0 Å². The lowest BCUT2D eigenvalue weighted by atomic mass is 9.49. The van der Waals surface area contributed by atoms with Gasteiger partial charge in [-0.25, -0.2) is 4.79 Å². The van der Waals surface area contributed by atoms with E-state index in [1.165, 1.54) is 18.4 Å². The second kappa shape index (κ2) is 7.23. The van der Waals surface area contributed by atoms with Gasteiger partial charge in [-0.3, -0.25) is 0 Å². The highest BCUT2D eigenvalue weighted by Crippen LogP contribution is 2.67. The summed E-state index contributed by atoms with van der Waals surface area (Å²) in [6, 6.07) is 3.71. The predicted octanol–water partition coefficient (Wildman–Crippen LogP) is 3.65. The Morgan fingerprint density at radius 1 is 1.30 bits per heavy atom. The summed E-state index contributed by atoms with van der Waals surface area (Å²) in [5, 5.41) is 31.7. The third-order valence-electron chi connectivity index (χ3n) is 8.52. The summed E-state index contributed by atoms with van der Waals surface area (Å²) < 4.78 is 44.4. The standard InChI is InChI=1S/C21H27NO4.C2HF3O2/c1-25-21-8-2-3-17-20(21)9-10-22(24,12-13-4-5-13)16(21)11-14-6-7-15(23)19(26-17)18(14)20;3-2(4,5)1(6)7/h6-7,13,16-17,23H,2-5,8-12H2,1H3;(H,6,7)/t16-,17+,20-,21?,22+;/m1./s1. The number of halogens is 3. The summed E-state index contributed by atoms with van der Waals surface area (Å²) in [5.74, 6) is -1.25. The molecule has 7 nitrogen and oxygen atoms in total. The van der Waals surface area contributed by atoms with Gasteiger partial charge in [-0.2, -0.15) is 13.2 Å². The van der Waals surface area contributed by atoms with Crippen LogP contribution in [0.4, 0.5) is 13.2 Å². The number of hydrogen-bond acceptors (Lipinski definition) is 5. The van der Waals surface area contributed by atoms with Crippen LogP contribution >= 0.6 is 0 Å². The first-order chi connectivity index (χ1) is 15.5. The number of carboxylic acids is 1. The van der Waals surface area contributed by atoms with Crippen molar-refractivity contribution in [3.05, 3.63) is 28.5 Å². The van der Waals surface area contributed by atoms with E-state index in [-0.39, 0.29) is 28.0 Å². The molecule has 0 radical (unpaired) electrons.